The molecule has 1 aliphatic rings. The van der Waals surface area contributed by atoms with Crippen LogP contribution in [0.2, 0.25) is 0 Å². The number of rotatable bonds is 5. The molecule has 3 heteroatoms. The highest BCUT2D eigenvalue weighted by atomic mass is 15.3. The van der Waals surface area contributed by atoms with E-state index in [2.05, 4.69) is 60.4 Å². The van der Waals surface area contributed by atoms with Crippen LogP contribution < -0.4 is 5.32 Å². The Morgan fingerprint density at radius 3 is 2.26 bits per heavy atom. The monoisotopic (exact) mass is 261 g/mol. The van der Waals surface area contributed by atoms with Crippen LogP contribution in [0.1, 0.15) is 24.1 Å². The van der Waals surface area contributed by atoms with E-state index in [1.165, 1.54) is 37.3 Å². The molecule has 0 amide bonds. The van der Waals surface area contributed by atoms with Crippen molar-refractivity contribution in [3.8, 4) is 0 Å². The summed E-state index contributed by atoms with van der Waals surface area (Å²) in [7, 11) is 4.27. The van der Waals surface area contributed by atoms with E-state index in [1.807, 2.05) is 0 Å². The summed E-state index contributed by atoms with van der Waals surface area (Å²) >= 11 is 0. The van der Waals surface area contributed by atoms with E-state index in [0.717, 1.165) is 13.0 Å². The van der Waals surface area contributed by atoms with Crippen LogP contribution in [-0.4, -0.2) is 56.6 Å². The van der Waals surface area contributed by atoms with Crippen LogP contribution in [0.15, 0.2) is 24.3 Å². The van der Waals surface area contributed by atoms with E-state index < -0.39 is 0 Å². The molecule has 1 aromatic carbocycles. The predicted molar refractivity (Wildman–Crippen MR) is 81.6 cm³/mol. The maximum absolute atomic E-state index is 3.46. The fourth-order valence-corrected chi connectivity index (χ4v) is 2.64. The Hall–Kier alpha value is -0.900. The minimum atomic E-state index is 0.439. The van der Waals surface area contributed by atoms with E-state index in [0.29, 0.717) is 6.04 Å². The quantitative estimate of drug-likeness (QED) is 0.871. The summed E-state index contributed by atoms with van der Waals surface area (Å²) in [5.74, 6) is 0. The molecule has 1 atom stereocenters. The molecular formula is C16H27N3. The Morgan fingerprint density at radius 1 is 1.11 bits per heavy atom. The van der Waals surface area contributed by atoms with E-state index in [1.54, 1.807) is 0 Å². The molecule has 1 unspecified atom stereocenters. The van der Waals surface area contributed by atoms with E-state index >= 15 is 0 Å². The van der Waals surface area contributed by atoms with E-state index in [9.17, 15) is 0 Å². The molecule has 0 aromatic heterocycles. The van der Waals surface area contributed by atoms with Gasteiger partial charge in [0.25, 0.3) is 0 Å². The molecule has 0 saturated carbocycles. The number of nitrogens with zero attached hydrogens (tertiary/aromatic N) is 2. The number of piperazine rings is 1. The van der Waals surface area contributed by atoms with Crippen LogP contribution in [0.25, 0.3) is 0 Å². The first kappa shape index (κ1) is 14.5. The third kappa shape index (κ3) is 4.03. The van der Waals surface area contributed by atoms with Crippen molar-refractivity contribution in [2.24, 2.45) is 0 Å². The Balaban J connectivity index is 1.95. The van der Waals surface area contributed by atoms with Gasteiger partial charge in [-0.1, -0.05) is 31.2 Å². The summed E-state index contributed by atoms with van der Waals surface area (Å²) in [5.41, 5.74) is 2.82. The zero-order valence-corrected chi connectivity index (χ0v) is 12.5. The van der Waals surface area contributed by atoms with Gasteiger partial charge < -0.3 is 10.2 Å². The molecule has 106 valence electrons. The van der Waals surface area contributed by atoms with Gasteiger partial charge in [0.1, 0.15) is 0 Å². The smallest absolute Gasteiger partial charge is 0.0446 e. The molecule has 0 aliphatic carbocycles. The molecule has 1 fully saturated rings. The van der Waals surface area contributed by atoms with Crippen molar-refractivity contribution < 1.29 is 0 Å². The summed E-state index contributed by atoms with van der Waals surface area (Å²) < 4.78 is 0. The molecule has 1 saturated heterocycles. The van der Waals surface area contributed by atoms with Gasteiger partial charge in [-0.15, -0.1) is 0 Å². The van der Waals surface area contributed by atoms with Gasteiger partial charge in [-0.05, 0) is 31.6 Å². The highest BCUT2D eigenvalue weighted by Crippen LogP contribution is 2.16. The van der Waals surface area contributed by atoms with Gasteiger partial charge in [-0.25, -0.2) is 0 Å². The Bertz CT molecular complexity index is 366. The molecule has 3 nitrogen and oxygen atoms in total. The molecule has 1 heterocycles. The maximum atomic E-state index is 3.46. The molecule has 0 spiro atoms. The minimum Gasteiger partial charge on any atom is -0.312 e. The average molecular weight is 261 g/mol. The van der Waals surface area contributed by atoms with Gasteiger partial charge in [0.05, 0.1) is 0 Å². The van der Waals surface area contributed by atoms with Crippen molar-refractivity contribution in [3.05, 3.63) is 35.4 Å². The fraction of sp³-hybridized carbons (Fsp3) is 0.625. The summed E-state index contributed by atoms with van der Waals surface area (Å²) in [6, 6.07) is 9.49. The van der Waals surface area contributed by atoms with Crippen LogP contribution in [0.5, 0.6) is 0 Å². The van der Waals surface area contributed by atoms with Crippen molar-refractivity contribution in [1.82, 2.24) is 15.1 Å². The lowest BCUT2D eigenvalue weighted by Gasteiger charge is -2.34. The lowest BCUT2D eigenvalue weighted by molar-refractivity contribution is 0.143. The Labute approximate surface area is 117 Å². The third-order valence-corrected chi connectivity index (χ3v) is 4.18. The standard InChI is InChI=1S/C16H27N3/c1-4-14-5-7-15(8-6-14)16(17-2)13-19-11-9-18(3)10-12-19/h5-8,16-17H,4,9-13H2,1-3H3. The lowest BCUT2D eigenvalue weighted by Crippen LogP contribution is -2.47. The Kier molecular flexibility index (Phi) is 5.37. The first-order chi connectivity index (χ1) is 9.22. The van der Waals surface area contributed by atoms with Crippen molar-refractivity contribution in [2.45, 2.75) is 19.4 Å². The second kappa shape index (κ2) is 7.04. The van der Waals surface area contributed by atoms with Crippen molar-refractivity contribution in [3.63, 3.8) is 0 Å². The number of benzene rings is 1. The van der Waals surface area contributed by atoms with Gasteiger partial charge in [0.15, 0.2) is 0 Å². The van der Waals surface area contributed by atoms with Gasteiger partial charge in [0.2, 0.25) is 0 Å². The fourth-order valence-electron chi connectivity index (χ4n) is 2.64. The molecule has 0 bridgehead atoms. The van der Waals surface area contributed by atoms with Crippen LogP contribution in [0.3, 0.4) is 0 Å². The minimum absolute atomic E-state index is 0.439. The molecule has 0 radical (unpaired) electrons. The molecular weight excluding hydrogens is 234 g/mol. The zero-order chi connectivity index (χ0) is 13.7. The summed E-state index contributed by atoms with van der Waals surface area (Å²) in [6.07, 6.45) is 1.11. The summed E-state index contributed by atoms with van der Waals surface area (Å²) in [5, 5.41) is 3.46. The number of aryl methyl sites for hydroxylation is 1. The average Bonchev–Trinajstić information content (AvgIpc) is 2.47. The van der Waals surface area contributed by atoms with Gasteiger partial charge in [-0.2, -0.15) is 0 Å². The van der Waals surface area contributed by atoms with Crippen LogP contribution in [0, 0.1) is 0 Å². The highest BCUT2D eigenvalue weighted by molar-refractivity contribution is 5.25. The number of nitrogens with one attached hydrogen (secondary N) is 1. The van der Waals surface area contributed by atoms with Gasteiger partial charge in [-0.3, -0.25) is 4.90 Å². The molecule has 1 N–H and O–H groups in total. The van der Waals surface area contributed by atoms with Crippen molar-refractivity contribution >= 4 is 0 Å². The van der Waals surface area contributed by atoms with Gasteiger partial charge in [0, 0.05) is 38.8 Å². The second-order valence-corrected chi connectivity index (χ2v) is 5.54. The van der Waals surface area contributed by atoms with Gasteiger partial charge >= 0.3 is 0 Å². The van der Waals surface area contributed by atoms with Crippen LogP contribution in [-0.2, 0) is 6.42 Å². The predicted octanol–water partition coefficient (Wildman–Crippen LogP) is 1.76. The number of hydrogen-bond donors (Lipinski definition) is 1. The SMILES string of the molecule is CCc1ccc(C(CN2CCN(C)CC2)NC)cc1. The van der Waals surface area contributed by atoms with E-state index in [-0.39, 0.29) is 0 Å². The van der Waals surface area contributed by atoms with E-state index in [4.69, 9.17) is 0 Å². The lowest BCUT2D eigenvalue weighted by atomic mass is 10.0. The molecule has 1 aliphatic heterocycles. The summed E-state index contributed by atoms with van der Waals surface area (Å²) in [6.45, 7) is 8.05. The third-order valence-electron chi connectivity index (χ3n) is 4.18. The van der Waals surface area contributed by atoms with Crippen molar-refractivity contribution in [1.29, 1.82) is 0 Å². The Morgan fingerprint density at radius 2 is 1.74 bits per heavy atom. The molecule has 2 rings (SSSR count). The summed E-state index contributed by atoms with van der Waals surface area (Å²) in [4.78, 5) is 4.97. The molecule has 19 heavy (non-hydrogen) atoms. The first-order valence-corrected chi connectivity index (χ1v) is 7.40. The van der Waals surface area contributed by atoms with Crippen LogP contribution >= 0.6 is 0 Å². The largest absolute Gasteiger partial charge is 0.312 e. The second-order valence-electron chi connectivity index (χ2n) is 5.54. The highest BCUT2D eigenvalue weighted by Gasteiger charge is 2.18. The van der Waals surface area contributed by atoms with Crippen LogP contribution in [0.4, 0.5) is 0 Å². The van der Waals surface area contributed by atoms with Crippen molar-refractivity contribution in [2.75, 3.05) is 46.8 Å². The molecule has 1 aromatic rings. The zero-order valence-electron chi connectivity index (χ0n) is 12.5. The topological polar surface area (TPSA) is 18.5 Å². The number of hydrogen-bond acceptors (Lipinski definition) is 3. The number of likely N-dealkylation sites (N-methyl/N-ethyl adjacent to an activating group) is 2. The first-order valence-electron chi connectivity index (χ1n) is 7.40. The maximum Gasteiger partial charge on any atom is 0.0446 e. The normalized spacial score (nSPS) is 19.5.